The van der Waals surface area contributed by atoms with Gasteiger partial charge in [-0.1, -0.05) is 90.5 Å². The van der Waals surface area contributed by atoms with Gasteiger partial charge in [-0.15, -0.1) is 0 Å². The van der Waals surface area contributed by atoms with Crippen LogP contribution in [0.1, 0.15) is 64.6 Å². The smallest absolute Gasteiger partial charge is 0.178 e. The minimum Gasteiger partial charge on any atom is -0.293 e. The predicted octanol–water partition coefficient (Wildman–Crippen LogP) is 6.15. The van der Waals surface area contributed by atoms with Gasteiger partial charge in [-0.25, -0.2) is 0 Å². The van der Waals surface area contributed by atoms with E-state index in [1.54, 1.807) is 12.1 Å². The maximum Gasteiger partial charge on any atom is 0.178 e. The van der Waals surface area contributed by atoms with Crippen LogP contribution in [0.5, 0.6) is 0 Å². The molecule has 0 bridgehead atoms. The molecule has 6 rings (SSSR count). The molecule has 3 aliphatic rings. The molecule has 1 fully saturated rings. The van der Waals surface area contributed by atoms with Crippen molar-refractivity contribution in [2.75, 3.05) is 13.1 Å². The molecule has 4 heteroatoms. The van der Waals surface area contributed by atoms with Crippen LogP contribution in [0.25, 0.3) is 0 Å². The highest BCUT2D eigenvalue weighted by Gasteiger charge is 2.57. The van der Waals surface area contributed by atoms with Crippen molar-refractivity contribution in [2.45, 2.75) is 32.7 Å². The van der Waals surface area contributed by atoms with Crippen LogP contribution in [0.15, 0.2) is 107 Å². The Balaban J connectivity index is 1.44. The summed E-state index contributed by atoms with van der Waals surface area (Å²) in [4.78, 5) is 43.2. The first-order valence-electron chi connectivity index (χ1n) is 12.9. The number of nitrogens with zero attached hydrogens (tertiary/aromatic N) is 1. The molecule has 37 heavy (non-hydrogen) atoms. The fourth-order valence-electron chi connectivity index (χ4n) is 6.46. The van der Waals surface area contributed by atoms with Gasteiger partial charge in [0.1, 0.15) is 5.41 Å². The molecule has 0 radical (unpaired) electrons. The molecular formula is C33H29NO3. The Morgan fingerprint density at radius 2 is 1.14 bits per heavy atom. The molecule has 3 aromatic rings. The Morgan fingerprint density at radius 1 is 0.649 bits per heavy atom. The van der Waals surface area contributed by atoms with Gasteiger partial charge in [0.05, 0.1) is 12.6 Å². The van der Waals surface area contributed by atoms with Crippen molar-refractivity contribution in [3.05, 3.63) is 129 Å². The van der Waals surface area contributed by atoms with Crippen molar-refractivity contribution < 1.29 is 14.4 Å². The summed E-state index contributed by atoms with van der Waals surface area (Å²) in [5.74, 6) is -0.156. The van der Waals surface area contributed by atoms with Gasteiger partial charge in [0, 0.05) is 17.7 Å². The molecule has 1 spiro atoms. The van der Waals surface area contributed by atoms with Gasteiger partial charge in [-0.2, -0.15) is 0 Å². The van der Waals surface area contributed by atoms with Gasteiger partial charge >= 0.3 is 0 Å². The number of Topliss-reactive ketones (excluding diaryl/α,β-unsaturated/α-hetero) is 3. The molecule has 2 aliphatic carbocycles. The lowest BCUT2D eigenvalue weighted by Gasteiger charge is -2.34. The molecule has 0 N–H and O–H groups in total. The Kier molecular flexibility index (Phi) is 5.65. The number of fused-ring (bicyclic) bond motifs is 2. The number of ketones is 3. The van der Waals surface area contributed by atoms with Crippen molar-refractivity contribution in [3.8, 4) is 0 Å². The van der Waals surface area contributed by atoms with Crippen LogP contribution >= 0.6 is 0 Å². The van der Waals surface area contributed by atoms with Crippen molar-refractivity contribution in [3.63, 3.8) is 0 Å². The third kappa shape index (κ3) is 3.67. The van der Waals surface area contributed by atoms with E-state index >= 15 is 0 Å². The molecule has 184 valence electrons. The Hall–Kier alpha value is -3.89. The molecule has 0 aromatic heterocycles. The summed E-state index contributed by atoms with van der Waals surface area (Å²) >= 11 is 0. The van der Waals surface area contributed by atoms with Crippen LogP contribution in [0, 0.1) is 5.41 Å². The molecule has 1 aliphatic heterocycles. The standard InChI is InChI=1S/C33H29NO3/c1-21-19-34(30(23-11-5-3-6-12-23)24-13-7-4-8-14-24)20-29(35)22(2)28-18-33(17-27(21)28)31(36)25-15-9-10-16-26(25)32(33)37/h3-16,30H,17-20H2,1-2H3/b27-21-,28-22-. The molecule has 3 aromatic carbocycles. The van der Waals surface area contributed by atoms with Crippen molar-refractivity contribution in [2.24, 2.45) is 5.41 Å². The van der Waals surface area contributed by atoms with Crippen LogP contribution in [0.3, 0.4) is 0 Å². The maximum absolute atomic E-state index is 13.7. The quantitative estimate of drug-likeness (QED) is 0.416. The summed E-state index contributed by atoms with van der Waals surface area (Å²) in [6.45, 7) is 4.81. The minimum atomic E-state index is -1.12. The van der Waals surface area contributed by atoms with E-state index in [2.05, 4.69) is 36.1 Å². The molecule has 0 atom stereocenters. The Bertz CT molecular complexity index is 1420. The van der Waals surface area contributed by atoms with Gasteiger partial charge in [-0.3, -0.25) is 19.3 Å². The van der Waals surface area contributed by atoms with Crippen LogP contribution in [-0.4, -0.2) is 35.3 Å². The molecular weight excluding hydrogens is 458 g/mol. The second kappa shape index (κ2) is 8.89. The van der Waals surface area contributed by atoms with Crippen LogP contribution < -0.4 is 0 Å². The summed E-state index contributed by atoms with van der Waals surface area (Å²) in [5.41, 5.74) is 5.85. The topological polar surface area (TPSA) is 54.5 Å². The van der Waals surface area contributed by atoms with Gasteiger partial charge in [0.25, 0.3) is 0 Å². The zero-order chi connectivity index (χ0) is 25.7. The van der Waals surface area contributed by atoms with Gasteiger partial charge in [0.2, 0.25) is 0 Å². The third-order valence-corrected chi connectivity index (χ3v) is 8.38. The van der Waals surface area contributed by atoms with Crippen molar-refractivity contribution in [1.82, 2.24) is 4.90 Å². The molecule has 1 heterocycles. The number of carbonyl (C=O) groups excluding carboxylic acids is 3. The van der Waals surface area contributed by atoms with E-state index in [-0.39, 0.29) is 29.9 Å². The monoisotopic (exact) mass is 487 g/mol. The predicted molar refractivity (Wildman–Crippen MR) is 143 cm³/mol. The van der Waals surface area contributed by atoms with Crippen LogP contribution in [-0.2, 0) is 4.79 Å². The van der Waals surface area contributed by atoms with E-state index in [1.807, 2.05) is 55.5 Å². The van der Waals surface area contributed by atoms with E-state index < -0.39 is 5.41 Å². The summed E-state index contributed by atoms with van der Waals surface area (Å²) in [6, 6.07) is 27.6. The summed E-state index contributed by atoms with van der Waals surface area (Å²) in [7, 11) is 0. The summed E-state index contributed by atoms with van der Waals surface area (Å²) in [5, 5.41) is 0. The average molecular weight is 488 g/mol. The largest absolute Gasteiger partial charge is 0.293 e. The van der Waals surface area contributed by atoms with E-state index in [9.17, 15) is 14.4 Å². The zero-order valence-electron chi connectivity index (χ0n) is 21.2. The second-order valence-corrected chi connectivity index (χ2v) is 10.6. The number of rotatable bonds is 3. The highest BCUT2D eigenvalue weighted by Crippen LogP contribution is 2.54. The Morgan fingerprint density at radius 3 is 1.68 bits per heavy atom. The lowest BCUT2D eigenvalue weighted by Crippen LogP contribution is -2.37. The second-order valence-electron chi connectivity index (χ2n) is 10.6. The normalized spacial score (nSPS) is 23.4. The molecule has 0 saturated heterocycles. The number of hydrogen-bond donors (Lipinski definition) is 0. The highest BCUT2D eigenvalue weighted by atomic mass is 16.2. The van der Waals surface area contributed by atoms with E-state index in [0.29, 0.717) is 36.1 Å². The van der Waals surface area contributed by atoms with E-state index in [0.717, 1.165) is 27.8 Å². The third-order valence-electron chi connectivity index (χ3n) is 8.38. The lowest BCUT2D eigenvalue weighted by molar-refractivity contribution is -0.117. The molecule has 0 amide bonds. The summed E-state index contributed by atoms with van der Waals surface area (Å²) < 4.78 is 0. The average Bonchev–Trinajstić information content (AvgIpc) is 3.42. The van der Waals surface area contributed by atoms with E-state index in [4.69, 9.17) is 0 Å². The highest BCUT2D eigenvalue weighted by molar-refractivity contribution is 6.30. The summed E-state index contributed by atoms with van der Waals surface area (Å²) in [6.07, 6.45) is 0.671. The first-order valence-corrected chi connectivity index (χ1v) is 12.9. The number of benzene rings is 3. The van der Waals surface area contributed by atoms with Gasteiger partial charge in [0.15, 0.2) is 17.3 Å². The van der Waals surface area contributed by atoms with Gasteiger partial charge < -0.3 is 0 Å². The van der Waals surface area contributed by atoms with Gasteiger partial charge in [-0.05, 0) is 54.5 Å². The zero-order valence-corrected chi connectivity index (χ0v) is 21.2. The molecule has 0 unspecified atom stereocenters. The van der Waals surface area contributed by atoms with Crippen molar-refractivity contribution >= 4 is 17.3 Å². The molecule has 4 nitrogen and oxygen atoms in total. The maximum atomic E-state index is 13.7. The Labute approximate surface area is 217 Å². The SMILES string of the molecule is C/C1=C2\CC3(C\C2=C(/C)C(=O)CN(C(c2ccccc2)c2ccccc2)C1)C(=O)c1ccccc1C3=O. The fraction of sp³-hybridized carbons (Fsp3) is 0.242. The fourth-order valence-corrected chi connectivity index (χ4v) is 6.46. The number of carbonyl (C=O) groups is 3. The van der Waals surface area contributed by atoms with Crippen molar-refractivity contribution in [1.29, 1.82) is 0 Å². The number of allylic oxidation sites excluding steroid dienone is 2. The molecule has 1 saturated carbocycles. The lowest BCUT2D eigenvalue weighted by atomic mass is 9.80. The first kappa shape index (κ1) is 23.5. The van der Waals surface area contributed by atoms with Crippen LogP contribution in [0.4, 0.5) is 0 Å². The first-order chi connectivity index (χ1) is 17.9. The van der Waals surface area contributed by atoms with Crippen LogP contribution in [0.2, 0.25) is 0 Å². The minimum absolute atomic E-state index is 0.0457. The van der Waals surface area contributed by atoms with E-state index in [1.165, 1.54) is 0 Å². The number of hydrogen-bond acceptors (Lipinski definition) is 4.